The molecule has 0 aliphatic carbocycles. The lowest BCUT2D eigenvalue weighted by atomic mass is 10.2. The van der Waals surface area contributed by atoms with Gasteiger partial charge in [0.15, 0.2) is 0 Å². The molecule has 2 heteroatoms. The van der Waals surface area contributed by atoms with E-state index in [0.29, 0.717) is 0 Å². The molecular weight excluding hydrogens is 243 g/mol. The molecule has 0 fully saturated rings. The summed E-state index contributed by atoms with van der Waals surface area (Å²) in [5, 5.41) is 0. The van der Waals surface area contributed by atoms with Crippen molar-refractivity contribution in [2.45, 2.75) is 5.75 Å². The van der Waals surface area contributed by atoms with Gasteiger partial charge in [-0.1, -0.05) is 12.1 Å². The first-order valence-electron chi connectivity index (χ1n) is 2.68. The molecule has 0 radical (unpaired) electrons. The Morgan fingerprint density at radius 3 is 2.67 bits per heavy atom. The molecule has 48 valence electrons. The molecule has 1 aromatic rings. The minimum Gasteiger partial charge on any atom is -0.175 e. The molecule has 0 saturated carbocycles. The smallest absolute Gasteiger partial charge is 0.0154 e. The number of hydrogen-bond donors (Lipinski definition) is 1. The number of benzene rings is 1. The topological polar surface area (TPSA) is 0 Å². The summed E-state index contributed by atoms with van der Waals surface area (Å²) in [6.45, 7) is 0. The van der Waals surface area contributed by atoms with E-state index >= 15 is 0 Å². The maximum Gasteiger partial charge on any atom is 0.0154 e. The first-order valence-corrected chi connectivity index (χ1v) is 4.39. The zero-order chi connectivity index (χ0) is 6.69. The molecule has 0 saturated heterocycles. The fourth-order valence-electron chi connectivity index (χ4n) is 0.635. The van der Waals surface area contributed by atoms with Crippen molar-refractivity contribution >= 4 is 35.2 Å². The van der Waals surface area contributed by atoms with E-state index in [-0.39, 0.29) is 0 Å². The Hall–Kier alpha value is 0.300. The molecule has 0 atom stereocenters. The van der Waals surface area contributed by atoms with E-state index in [1.165, 1.54) is 9.13 Å². The molecule has 0 N–H and O–H groups in total. The van der Waals surface area contributed by atoms with Crippen LogP contribution >= 0.6 is 35.2 Å². The lowest BCUT2D eigenvalue weighted by molar-refractivity contribution is 1.41. The zero-order valence-corrected chi connectivity index (χ0v) is 7.89. The molecule has 0 bridgehead atoms. The van der Waals surface area contributed by atoms with Crippen LogP contribution in [0.1, 0.15) is 5.56 Å². The molecule has 1 rings (SSSR count). The fraction of sp³-hybridized carbons (Fsp3) is 0.143. The van der Waals surface area contributed by atoms with E-state index in [1.54, 1.807) is 0 Å². The SMILES string of the molecule is SCc1cccc(I)c1. The van der Waals surface area contributed by atoms with Gasteiger partial charge < -0.3 is 0 Å². The van der Waals surface area contributed by atoms with Crippen molar-refractivity contribution in [3.8, 4) is 0 Å². The van der Waals surface area contributed by atoms with E-state index in [1.807, 2.05) is 6.07 Å². The highest BCUT2D eigenvalue weighted by Gasteiger charge is 1.87. The molecule has 0 nitrogen and oxygen atoms in total. The van der Waals surface area contributed by atoms with Gasteiger partial charge in [0.2, 0.25) is 0 Å². The van der Waals surface area contributed by atoms with Crippen molar-refractivity contribution in [3.05, 3.63) is 33.4 Å². The van der Waals surface area contributed by atoms with Gasteiger partial charge in [0, 0.05) is 9.32 Å². The standard InChI is InChI=1S/C7H7IS/c8-7-3-1-2-6(4-7)5-9/h1-4,9H,5H2. The van der Waals surface area contributed by atoms with E-state index in [2.05, 4.69) is 53.4 Å². The molecular formula is C7H7IS. The maximum absolute atomic E-state index is 4.15. The highest BCUT2D eigenvalue weighted by molar-refractivity contribution is 14.1. The predicted molar refractivity (Wildman–Crippen MR) is 51.8 cm³/mol. The lowest BCUT2D eigenvalue weighted by Gasteiger charge is -1.93. The third kappa shape index (κ3) is 2.18. The highest BCUT2D eigenvalue weighted by Crippen LogP contribution is 2.08. The van der Waals surface area contributed by atoms with Crippen LogP contribution in [0, 0.1) is 3.57 Å². The van der Waals surface area contributed by atoms with Crippen LogP contribution in [0.25, 0.3) is 0 Å². The molecule has 0 heterocycles. The third-order valence-corrected chi connectivity index (χ3v) is 2.11. The van der Waals surface area contributed by atoms with Crippen molar-refractivity contribution in [1.82, 2.24) is 0 Å². The largest absolute Gasteiger partial charge is 0.175 e. The summed E-state index contributed by atoms with van der Waals surface area (Å²) in [7, 11) is 0. The minimum atomic E-state index is 0.830. The Morgan fingerprint density at radius 1 is 1.44 bits per heavy atom. The van der Waals surface area contributed by atoms with Crippen LogP contribution in [0.15, 0.2) is 24.3 Å². The Morgan fingerprint density at radius 2 is 2.22 bits per heavy atom. The van der Waals surface area contributed by atoms with Crippen molar-refractivity contribution in [1.29, 1.82) is 0 Å². The summed E-state index contributed by atoms with van der Waals surface area (Å²) >= 11 is 6.45. The molecule has 0 spiro atoms. The fourth-order valence-corrected chi connectivity index (χ4v) is 1.44. The summed E-state index contributed by atoms with van der Waals surface area (Å²) in [4.78, 5) is 0. The molecule has 9 heavy (non-hydrogen) atoms. The average Bonchev–Trinajstić information content (AvgIpc) is 1.88. The van der Waals surface area contributed by atoms with Crippen LogP contribution in [0.4, 0.5) is 0 Å². The van der Waals surface area contributed by atoms with Crippen LogP contribution in [-0.2, 0) is 5.75 Å². The van der Waals surface area contributed by atoms with Crippen LogP contribution in [0.5, 0.6) is 0 Å². The van der Waals surface area contributed by atoms with Gasteiger partial charge in [-0.05, 0) is 40.3 Å². The first kappa shape index (κ1) is 7.41. The average molecular weight is 250 g/mol. The summed E-state index contributed by atoms with van der Waals surface area (Å²) in [6, 6.07) is 8.34. The van der Waals surface area contributed by atoms with Crippen molar-refractivity contribution < 1.29 is 0 Å². The Labute approximate surface area is 74.2 Å². The normalized spacial score (nSPS) is 9.56. The quantitative estimate of drug-likeness (QED) is 0.575. The highest BCUT2D eigenvalue weighted by atomic mass is 127. The monoisotopic (exact) mass is 250 g/mol. The van der Waals surface area contributed by atoms with Gasteiger partial charge in [0.1, 0.15) is 0 Å². The summed E-state index contributed by atoms with van der Waals surface area (Å²) < 4.78 is 1.28. The number of rotatable bonds is 1. The molecule has 1 aromatic carbocycles. The number of hydrogen-bond acceptors (Lipinski definition) is 1. The van der Waals surface area contributed by atoms with E-state index in [9.17, 15) is 0 Å². The zero-order valence-electron chi connectivity index (χ0n) is 4.84. The van der Waals surface area contributed by atoms with Gasteiger partial charge >= 0.3 is 0 Å². The van der Waals surface area contributed by atoms with Crippen molar-refractivity contribution in [2.24, 2.45) is 0 Å². The van der Waals surface area contributed by atoms with E-state index in [0.717, 1.165) is 5.75 Å². The molecule has 0 amide bonds. The second kappa shape index (κ2) is 3.46. The van der Waals surface area contributed by atoms with Crippen LogP contribution in [0.2, 0.25) is 0 Å². The predicted octanol–water partition coefficient (Wildman–Crippen LogP) is 2.72. The van der Waals surface area contributed by atoms with Gasteiger partial charge in [-0.15, -0.1) is 0 Å². The second-order valence-corrected chi connectivity index (χ2v) is 3.35. The van der Waals surface area contributed by atoms with Crippen molar-refractivity contribution in [2.75, 3.05) is 0 Å². The maximum atomic E-state index is 4.15. The van der Waals surface area contributed by atoms with Crippen LogP contribution < -0.4 is 0 Å². The third-order valence-electron chi connectivity index (χ3n) is 1.07. The summed E-state index contributed by atoms with van der Waals surface area (Å²) in [5.41, 5.74) is 1.28. The summed E-state index contributed by atoms with van der Waals surface area (Å²) in [6.07, 6.45) is 0. The van der Waals surface area contributed by atoms with Crippen LogP contribution in [-0.4, -0.2) is 0 Å². The van der Waals surface area contributed by atoms with Gasteiger partial charge in [0.05, 0.1) is 0 Å². The molecule has 0 unspecified atom stereocenters. The Bertz CT molecular complexity index is 198. The van der Waals surface area contributed by atoms with Gasteiger partial charge in [-0.2, -0.15) is 12.6 Å². The summed E-state index contributed by atoms with van der Waals surface area (Å²) in [5.74, 6) is 0.830. The number of thiol groups is 1. The van der Waals surface area contributed by atoms with Gasteiger partial charge in [0.25, 0.3) is 0 Å². The Balaban J connectivity index is 2.94. The Kier molecular flexibility index (Phi) is 2.85. The number of halogens is 1. The van der Waals surface area contributed by atoms with E-state index < -0.39 is 0 Å². The van der Waals surface area contributed by atoms with E-state index in [4.69, 9.17) is 0 Å². The molecule has 0 aromatic heterocycles. The van der Waals surface area contributed by atoms with Crippen LogP contribution in [0.3, 0.4) is 0 Å². The molecule has 0 aliphatic heterocycles. The minimum absolute atomic E-state index is 0.830. The van der Waals surface area contributed by atoms with Gasteiger partial charge in [-0.3, -0.25) is 0 Å². The van der Waals surface area contributed by atoms with Gasteiger partial charge in [-0.25, -0.2) is 0 Å². The first-order chi connectivity index (χ1) is 4.33. The van der Waals surface area contributed by atoms with Crippen molar-refractivity contribution in [3.63, 3.8) is 0 Å². The molecule has 0 aliphatic rings. The lowest BCUT2D eigenvalue weighted by Crippen LogP contribution is -1.76. The second-order valence-electron chi connectivity index (χ2n) is 1.79.